The average Bonchev–Trinajstić information content (AvgIpc) is 2.90. The molecule has 0 aromatic heterocycles. The number of hydrogen-bond acceptors (Lipinski definition) is 3. The molecular formula is C13H14BrNO4. The molecule has 1 aliphatic rings. The van der Waals surface area contributed by atoms with Gasteiger partial charge < -0.3 is 15.2 Å². The van der Waals surface area contributed by atoms with E-state index in [9.17, 15) is 14.7 Å². The molecule has 1 saturated heterocycles. The molecule has 1 amide bonds. The summed E-state index contributed by atoms with van der Waals surface area (Å²) in [6.07, 6.45) is 0.935. The van der Waals surface area contributed by atoms with Crippen molar-refractivity contribution in [2.45, 2.75) is 25.0 Å². The summed E-state index contributed by atoms with van der Waals surface area (Å²) in [5, 5.41) is 11.7. The molecule has 0 radical (unpaired) electrons. The molecule has 0 bridgehead atoms. The molecule has 0 saturated carbocycles. The second kappa shape index (κ2) is 6.16. The SMILES string of the molecule is O=C(NC(C(=O)O)c1ccc(Br)cc1)C1CCCO1. The van der Waals surface area contributed by atoms with Gasteiger partial charge in [-0.3, -0.25) is 4.79 Å². The van der Waals surface area contributed by atoms with Crippen molar-refractivity contribution in [3.8, 4) is 0 Å². The minimum absolute atomic E-state index is 0.368. The molecule has 1 aromatic rings. The molecule has 1 fully saturated rings. The second-order valence-corrected chi connectivity index (χ2v) is 5.25. The summed E-state index contributed by atoms with van der Waals surface area (Å²) in [6, 6.07) is 5.76. The monoisotopic (exact) mass is 327 g/mol. The molecule has 2 rings (SSSR count). The summed E-state index contributed by atoms with van der Waals surface area (Å²) in [6.45, 7) is 0.550. The zero-order valence-corrected chi connectivity index (χ0v) is 11.7. The highest BCUT2D eigenvalue weighted by Crippen LogP contribution is 2.19. The first kappa shape index (κ1) is 14.0. The summed E-state index contributed by atoms with van der Waals surface area (Å²) < 4.78 is 6.09. The third kappa shape index (κ3) is 3.54. The number of carboxylic acids is 1. The lowest BCUT2D eigenvalue weighted by atomic mass is 10.1. The molecular weight excluding hydrogens is 314 g/mol. The Morgan fingerprint density at radius 3 is 2.58 bits per heavy atom. The summed E-state index contributed by atoms with van der Waals surface area (Å²) in [5.74, 6) is -1.46. The van der Waals surface area contributed by atoms with E-state index in [4.69, 9.17) is 4.74 Å². The van der Waals surface area contributed by atoms with Gasteiger partial charge in [-0.1, -0.05) is 28.1 Å². The Morgan fingerprint density at radius 2 is 2.05 bits per heavy atom. The van der Waals surface area contributed by atoms with Crippen LogP contribution >= 0.6 is 15.9 Å². The van der Waals surface area contributed by atoms with Gasteiger partial charge in [-0.15, -0.1) is 0 Å². The maximum Gasteiger partial charge on any atom is 0.330 e. The zero-order valence-electron chi connectivity index (χ0n) is 10.1. The molecule has 5 nitrogen and oxygen atoms in total. The van der Waals surface area contributed by atoms with Crippen LogP contribution in [-0.4, -0.2) is 29.7 Å². The first-order chi connectivity index (χ1) is 9.08. The zero-order chi connectivity index (χ0) is 13.8. The van der Waals surface area contributed by atoms with Gasteiger partial charge in [-0.05, 0) is 30.5 Å². The van der Waals surface area contributed by atoms with Crippen LogP contribution in [-0.2, 0) is 14.3 Å². The fraction of sp³-hybridized carbons (Fsp3) is 0.385. The largest absolute Gasteiger partial charge is 0.479 e. The topological polar surface area (TPSA) is 75.6 Å². The number of hydrogen-bond donors (Lipinski definition) is 2. The molecule has 1 aliphatic heterocycles. The van der Waals surface area contributed by atoms with Crippen LogP contribution in [0.15, 0.2) is 28.7 Å². The number of carbonyl (C=O) groups excluding carboxylic acids is 1. The molecule has 6 heteroatoms. The lowest BCUT2D eigenvalue weighted by Gasteiger charge is -2.17. The van der Waals surface area contributed by atoms with Gasteiger partial charge in [-0.2, -0.15) is 0 Å². The van der Waals surface area contributed by atoms with E-state index in [-0.39, 0.29) is 5.91 Å². The smallest absolute Gasteiger partial charge is 0.330 e. The highest BCUT2D eigenvalue weighted by Gasteiger charge is 2.28. The van der Waals surface area contributed by atoms with Crippen molar-refractivity contribution in [3.63, 3.8) is 0 Å². The number of ether oxygens (including phenoxy) is 1. The highest BCUT2D eigenvalue weighted by molar-refractivity contribution is 9.10. The quantitative estimate of drug-likeness (QED) is 0.885. The number of rotatable bonds is 4. The number of carboxylic acid groups (broad SMARTS) is 1. The molecule has 0 aliphatic carbocycles. The fourth-order valence-electron chi connectivity index (χ4n) is 1.96. The van der Waals surface area contributed by atoms with Crippen molar-refractivity contribution in [3.05, 3.63) is 34.3 Å². The summed E-state index contributed by atoms with van der Waals surface area (Å²) >= 11 is 3.28. The summed E-state index contributed by atoms with van der Waals surface area (Å²) in [7, 11) is 0. The molecule has 0 spiro atoms. The van der Waals surface area contributed by atoms with Crippen molar-refractivity contribution in [2.24, 2.45) is 0 Å². The molecule has 102 valence electrons. The van der Waals surface area contributed by atoms with Gasteiger partial charge in [0.2, 0.25) is 5.91 Å². The Morgan fingerprint density at radius 1 is 1.37 bits per heavy atom. The number of amides is 1. The van der Waals surface area contributed by atoms with Crippen molar-refractivity contribution in [2.75, 3.05) is 6.61 Å². The van der Waals surface area contributed by atoms with Gasteiger partial charge >= 0.3 is 5.97 Å². The van der Waals surface area contributed by atoms with Crippen LogP contribution in [0, 0.1) is 0 Å². The van der Waals surface area contributed by atoms with E-state index in [0.717, 1.165) is 10.9 Å². The number of aliphatic carboxylic acids is 1. The van der Waals surface area contributed by atoms with Crippen molar-refractivity contribution >= 4 is 27.8 Å². The summed E-state index contributed by atoms with van der Waals surface area (Å²) in [4.78, 5) is 23.2. The van der Waals surface area contributed by atoms with Crippen LogP contribution in [0.5, 0.6) is 0 Å². The Bertz CT molecular complexity index is 468. The first-order valence-corrected chi connectivity index (χ1v) is 6.77. The Hall–Kier alpha value is -1.40. The third-order valence-corrected chi connectivity index (χ3v) is 3.49. The van der Waals surface area contributed by atoms with E-state index in [1.165, 1.54) is 0 Å². The second-order valence-electron chi connectivity index (χ2n) is 4.33. The highest BCUT2D eigenvalue weighted by atomic mass is 79.9. The van der Waals surface area contributed by atoms with E-state index in [0.29, 0.717) is 18.6 Å². The Balaban J connectivity index is 2.09. The fourth-order valence-corrected chi connectivity index (χ4v) is 2.23. The minimum atomic E-state index is -1.09. The number of benzene rings is 1. The van der Waals surface area contributed by atoms with Gasteiger partial charge in [0.1, 0.15) is 6.10 Å². The predicted molar refractivity (Wildman–Crippen MR) is 71.6 cm³/mol. The predicted octanol–water partition coefficient (Wildman–Crippen LogP) is 1.87. The van der Waals surface area contributed by atoms with E-state index >= 15 is 0 Å². The maximum absolute atomic E-state index is 11.9. The van der Waals surface area contributed by atoms with Crippen LogP contribution in [0.2, 0.25) is 0 Å². The number of carbonyl (C=O) groups is 2. The van der Waals surface area contributed by atoms with Crippen LogP contribution < -0.4 is 5.32 Å². The molecule has 2 N–H and O–H groups in total. The maximum atomic E-state index is 11.9. The minimum Gasteiger partial charge on any atom is -0.479 e. The van der Waals surface area contributed by atoms with Gasteiger partial charge in [0, 0.05) is 11.1 Å². The third-order valence-electron chi connectivity index (χ3n) is 2.96. The number of halogens is 1. The molecule has 1 aromatic carbocycles. The Kier molecular flexibility index (Phi) is 4.55. The van der Waals surface area contributed by atoms with Crippen LogP contribution in [0.1, 0.15) is 24.4 Å². The lowest BCUT2D eigenvalue weighted by molar-refractivity contribution is -0.143. The van der Waals surface area contributed by atoms with Crippen LogP contribution in [0.25, 0.3) is 0 Å². The van der Waals surface area contributed by atoms with Crippen LogP contribution in [0.3, 0.4) is 0 Å². The standard InChI is InChI=1S/C13H14BrNO4/c14-9-5-3-8(4-6-9)11(13(17)18)15-12(16)10-2-1-7-19-10/h3-6,10-11H,1-2,7H2,(H,15,16)(H,17,18). The van der Waals surface area contributed by atoms with E-state index < -0.39 is 18.1 Å². The van der Waals surface area contributed by atoms with Crippen LogP contribution in [0.4, 0.5) is 0 Å². The number of nitrogens with one attached hydrogen (secondary N) is 1. The van der Waals surface area contributed by atoms with Crippen molar-refractivity contribution < 1.29 is 19.4 Å². The van der Waals surface area contributed by atoms with Crippen molar-refractivity contribution in [1.82, 2.24) is 5.32 Å². The first-order valence-electron chi connectivity index (χ1n) is 5.98. The average molecular weight is 328 g/mol. The molecule has 1 heterocycles. The Labute approximate surface area is 119 Å². The van der Waals surface area contributed by atoms with E-state index in [1.54, 1.807) is 24.3 Å². The van der Waals surface area contributed by atoms with Gasteiger partial charge in [-0.25, -0.2) is 4.79 Å². The van der Waals surface area contributed by atoms with E-state index in [1.807, 2.05) is 0 Å². The molecule has 19 heavy (non-hydrogen) atoms. The summed E-state index contributed by atoms with van der Waals surface area (Å²) in [5.41, 5.74) is 0.530. The van der Waals surface area contributed by atoms with Gasteiger partial charge in [0.05, 0.1) is 0 Å². The lowest BCUT2D eigenvalue weighted by Crippen LogP contribution is -2.40. The van der Waals surface area contributed by atoms with Gasteiger partial charge in [0.15, 0.2) is 6.04 Å². The van der Waals surface area contributed by atoms with Gasteiger partial charge in [0.25, 0.3) is 0 Å². The molecule has 2 atom stereocenters. The normalized spacial score (nSPS) is 19.9. The van der Waals surface area contributed by atoms with Crippen molar-refractivity contribution in [1.29, 1.82) is 0 Å². The van der Waals surface area contributed by atoms with E-state index in [2.05, 4.69) is 21.2 Å². The molecule has 2 unspecified atom stereocenters.